The molecule has 0 bridgehead atoms. The molecule has 5 nitrogen and oxygen atoms in total. The van der Waals surface area contributed by atoms with Crippen LogP contribution in [-0.4, -0.2) is 29.7 Å². The van der Waals surface area contributed by atoms with Crippen molar-refractivity contribution in [2.45, 2.75) is 52.3 Å². The number of hydrogen-bond donors (Lipinski definition) is 2. The first-order valence-electron chi connectivity index (χ1n) is 10.0. The van der Waals surface area contributed by atoms with E-state index in [9.17, 15) is 36.3 Å². The molecule has 0 aliphatic carbocycles. The topological polar surface area (TPSA) is 75.3 Å². The summed E-state index contributed by atoms with van der Waals surface area (Å²) >= 11 is 0. The van der Waals surface area contributed by atoms with Gasteiger partial charge in [-0.15, -0.1) is 0 Å². The number of rotatable bonds is 6. The van der Waals surface area contributed by atoms with Gasteiger partial charge < -0.3 is 10.6 Å². The smallest absolute Gasteiger partial charge is 0.340 e. The summed E-state index contributed by atoms with van der Waals surface area (Å²) in [6, 6.07) is 12.5. The number of fused-ring (bicyclic) bond motifs is 3. The fourth-order valence-electron chi connectivity index (χ4n) is 3.47. The zero-order valence-corrected chi connectivity index (χ0v) is 17.7. The molecular formula is C24H25F5N2O3. The van der Waals surface area contributed by atoms with Gasteiger partial charge in [0, 0.05) is 24.1 Å². The largest absolute Gasteiger partial charge is 0.453 e. The van der Waals surface area contributed by atoms with Gasteiger partial charge in [-0.1, -0.05) is 49.9 Å². The molecule has 0 radical (unpaired) electrons. The van der Waals surface area contributed by atoms with Crippen LogP contribution in [0.15, 0.2) is 48.5 Å². The van der Waals surface area contributed by atoms with Gasteiger partial charge in [0.2, 0.25) is 5.91 Å². The minimum Gasteiger partial charge on any atom is -0.340 e. The molecule has 2 aromatic carbocycles. The molecule has 2 aromatic rings. The van der Waals surface area contributed by atoms with Gasteiger partial charge >= 0.3 is 12.1 Å². The Kier molecular flexibility index (Phi) is 7.54. The van der Waals surface area contributed by atoms with E-state index in [0.29, 0.717) is 22.4 Å². The molecule has 0 saturated carbocycles. The highest BCUT2D eigenvalue weighted by Crippen LogP contribution is 2.40. The Hall–Kier alpha value is -3.30. The summed E-state index contributed by atoms with van der Waals surface area (Å²) < 4.78 is 63.6. The van der Waals surface area contributed by atoms with Crippen LogP contribution in [0, 0.1) is 5.41 Å². The molecule has 184 valence electrons. The lowest BCUT2D eigenvalue weighted by Crippen LogP contribution is -2.47. The summed E-state index contributed by atoms with van der Waals surface area (Å²) in [5, 5.41) is 5.17. The van der Waals surface area contributed by atoms with Gasteiger partial charge in [-0.25, -0.2) is 0 Å². The van der Waals surface area contributed by atoms with Crippen molar-refractivity contribution in [1.82, 2.24) is 5.32 Å². The normalized spacial score (nSPS) is 15.7. The molecule has 0 fully saturated rings. The number of amides is 2. The minimum absolute atomic E-state index is 0. The second-order valence-corrected chi connectivity index (χ2v) is 8.28. The second kappa shape index (κ2) is 9.52. The first-order chi connectivity index (χ1) is 15.3. The van der Waals surface area contributed by atoms with Gasteiger partial charge in [0.15, 0.2) is 0 Å². The van der Waals surface area contributed by atoms with E-state index >= 15 is 0 Å². The van der Waals surface area contributed by atoms with Crippen molar-refractivity contribution in [3.63, 3.8) is 0 Å². The third kappa shape index (κ3) is 5.10. The first-order valence-corrected chi connectivity index (χ1v) is 10.0. The Balaban J connectivity index is 0.00000408. The van der Waals surface area contributed by atoms with Crippen LogP contribution >= 0.6 is 0 Å². The lowest BCUT2D eigenvalue weighted by Gasteiger charge is -2.27. The number of alkyl halides is 5. The number of hydrogen-bond acceptors (Lipinski definition) is 3. The molecule has 0 unspecified atom stereocenters. The maximum Gasteiger partial charge on any atom is 0.453 e. The maximum atomic E-state index is 13.2. The lowest BCUT2D eigenvalue weighted by atomic mass is 9.83. The SMILES string of the molecule is C.CC(C)(C(=O)CCC(F)(F)C(F)(F)F)C(=O)N[C@@H]1C(=O)Nc2ccccc2-c2ccccc21. The lowest BCUT2D eigenvalue weighted by molar-refractivity contribution is -0.284. The van der Waals surface area contributed by atoms with Gasteiger partial charge in [-0.2, -0.15) is 22.0 Å². The van der Waals surface area contributed by atoms with E-state index in [4.69, 9.17) is 0 Å². The van der Waals surface area contributed by atoms with Crippen LogP contribution in [-0.2, 0) is 14.4 Å². The van der Waals surface area contributed by atoms with E-state index < -0.39 is 54.0 Å². The summed E-state index contributed by atoms with van der Waals surface area (Å²) in [6.45, 7) is 2.23. The maximum absolute atomic E-state index is 13.2. The predicted molar refractivity (Wildman–Crippen MR) is 117 cm³/mol. The molecule has 2 amide bonds. The summed E-state index contributed by atoms with van der Waals surface area (Å²) in [7, 11) is 0. The van der Waals surface area contributed by atoms with Gasteiger partial charge in [-0.05, 0) is 31.0 Å². The molecule has 34 heavy (non-hydrogen) atoms. The second-order valence-electron chi connectivity index (χ2n) is 8.28. The van der Waals surface area contributed by atoms with E-state index in [1.807, 2.05) is 0 Å². The van der Waals surface area contributed by atoms with Crippen LogP contribution in [0.4, 0.5) is 27.6 Å². The Morgan fingerprint density at radius 2 is 1.50 bits per heavy atom. The number of benzene rings is 2. The number of carbonyl (C=O) groups excluding carboxylic acids is 3. The van der Waals surface area contributed by atoms with E-state index in [1.54, 1.807) is 48.5 Å². The molecule has 1 heterocycles. The number of nitrogens with one attached hydrogen (secondary N) is 2. The standard InChI is InChI=1S/C23H21F5N2O3.CH4/c1-21(2,17(31)11-12-22(24,25)23(26,27)28)20(33)30-18-15-9-4-3-7-13(15)14-8-5-6-10-16(14)29-19(18)32;/h3-10,18H,11-12H2,1-2H3,(H,29,32)(H,30,33);1H4/t18-;/m0./s1. The number of Topliss-reactive ketones (excluding diaryl/α,β-unsaturated/α-hetero) is 1. The van der Waals surface area contributed by atoms with Gasteiger partial charge in [0.25, 0.3) is 5.91 Å². The van der Waals surface area contributed by atoms with Crippen molar-refractivity contribution in [3.05, 3.63) is 54.1 Å². The van der Waals surface area contributed by atoms with Crippen molar-refractivity contribution in [2.75, 3.05) is 5.32 Å². The zero-order valence-electron chi connectivity index (χ0n) is 17.7. The van der Waals surface area contributed by atoms with Crippen LogP contribution in [0.2, 0.25) is 0 Å². The highest BCUT2D eigenvalue weighted by Gasteiger charge is 2.57. The fraction of sp³-hybridized carbons (Fsp3) is 0.375. The molecule has 3 rings (SSSR count). The molecular weight excluding hydrogens is 459 g/mol. The average molecular weight is 484 g/mol. The number of halogens is 5. The molecule has 10 heteroatoms. The van der Waals surface area contributed by atoms with E-state index in [2.05, 4.69) is 10.6 Å². The number of anilines is 1. The Bertz CT molecular complexity index is 1100. The third-order valence-corrected chi connectivity index (χ3v) is 5.63. The number of para-hydroxylation sites is 1. The van der Waals surface area contributed by atoms with Gasteiger partial charge in [0.1, 0.15) is 17.2 Å². The molecule has 1 aliphatic heterocycles. The Morgan fingerprint density at radius 3 is 2.12 bits per heavy atom. The highest BCUT2D eigenvalue weighted by atomic mass is 19.4. The summed E-state index contributed by atoms with van der Waals surface area (Å²) in [5.41, 5.74) is 0.376. The fourth-order valence-corrected chi connectivity index (χ4v) is 3.47. The number of carbonyl (C=O) groups is 3. The predicted octanol–water partition coefficient (Wildman–Crippen LogP) is 5.67. The van der Waals surface area contributed by atoms with Crippen molar-refractivity contribution < 1.29 is 36.3 Å². The zero-order chi connectivity index (χ0) is 24.6. The third-order valence-electron chi connectivity index (χ3n) is 5.63. The van der Waals surface area contributed by atoms with Crippen molar-refractivity contribution in [2.24, 2.45) is 5.41 Å². The van der Waals surface area contributed by atoms with Crippen LogP contribution < -0.4 is 10.6 Å². The molecule has 1 aliphatic rings. The van der Waals surface area contributed by atoms with E-state index in [0.717, 1.165) is 13.8 Å². The molecule has 0 saturated heterocycles. The van der Waals surface area contributed by atoms with Crippen LogP contribution in [0.3, 0.4) is 0 Å². The molecule has 0 aromatic heterocycles. The number of ketones is 1. The Labute approximate surface area is 193 Å². The average Bonchev–Trinajstić information content (AvgIpc) is 2.86. The minimum atomic E-state index is -5.79. The van der Waals surface area contributed by atoms with Gasteiger partial charge in [0.05, 0.1) is 0 Å². The highest BCUT2D eigenvalue weighted by molar-refractivity contribution is 6.09. The quantitative estimate of drug-likeness (QED) is 0.410. The first kappa shape index (κ1) is 26.9. The monoisotopic (exact) mass is 484 g/mol. The summed E-state index contributed by atoms with van der Waals surface area (Å²) in [4.78, 5) is 38.3. The molecule has 1 atom stereocenters. The molecule has 0 spiro atoms. The summed E-state index contributed by atoms with van der Waals surface area (Å²) in [6.07, 6.45) is -8.73. The van der Waals surface area contributed by atoms with Crippen LogP contribution in [0.25, 0.3) is 11.1 Å². The van der Waals surface area contributed by atoms with Gasteiger partial charge in [-0.3, -0.25) is 14.4 Å². The van der Waals surface area contributed by atoms with Crippen molar-refractivity contribution in [3.8, 4) is 11.1 Å². The van der Waals surface area contributed by atoms with Crippen LogP contribution in [0.1, 0.15) is 45.7 Å². The van der Waals surface area contributed by atoms with E-state index in [-0.39, 0.29) is 7.43 Å². The Morgan fingerprint density at radius 1 is 0.941 bits per heavy atom. The van der Waals surface area contributed by atoms with Crippen molar-refractivity contribution in [1.29, 1.82) is 0 Å². The van der Waals surface area contributed by atoms with Crippen molar-refractivity contribution >= 4 is 23.3 Å². The summed E-state index contributed by atoms with van der Waals surface area (Å²) in [5.74, 6) is -7.72. The molecule has 2 N–H and O–H groups in total. The van der Waals surface area contributed by atoms with E-state index in [1.165, 1.54) is 0 Å². The van der Waals surface area contributed by atoms with Crippen LogP contribution in [0.5, 0.6) is 0 Å².